The smallest absolute Gasteiger partial charge is 0.415 e. The first kappa shape index (κ1) is 13.9. The van der Waals surface area contributed by atoms with Crippen molar-refractivity contribution in [3.8, 4) is 0 Å². The molecule has 0 aliphatic carbocycles. The fourth-order valence-electron chi connectivity index (χ4n) is 1.75. The van der Waals surface area contributed by atoms with E-state index in [4.69, 9.17) is 4.74 Å². The van der Waals surface area contributed by atoms with E-state index in [0.29, 0.717) is 19.7 Å². The first-order valence-corrected chi connectivity index (χ1v) is 7.36. The van der Waals surface area contributed by atoms with Gasteiger partial charge in [-0.15, -0.1) is 0 Å². The van der Waals surface area contributed by atoms with Gasteiger partial charge in [-0.25, -0.2) is 4.79 Å². The van der Waals surface area contributed by atoms with Crippen LogP contribution in [0.2, 0.25) is 0 Å². The highest BCUT2D eigenvalue weighted by Crippen LogP contribution is 2.20. The van der Waals surface area contributed by atoms with Gasteiger partial charge in [-0.3, -0.25) is 9.89 Å². The zero-order valence-corrected chi connectivity index (χ0v) is 12.1. The molecule has 5 heteroatoms. The minimum Gasteiger partial charge on any atom is -0.449 e. The van der Waals surface area contributed by atoms with E-state index in [0.717, 1.165) is 10.9 Å². The van der Waals surface area contributed by atoms with Crippen LogP contribution in [0.3, 0.4) is 0 Å². The summed E-state index contributed by atoms with van der Waals surface area (Å²) in [6.07, 6.45) is -0.296. The lowest BCUT2D eigenvalue weighted by Gasteiger charge is -2.16. The third kappa shape index (κ3) is 3.73. The van der Waals surface area contributed by atoms with Crippen molar-refractivity contribution in [3.63, 3.8) is 0 Å². The van der Waals surface area contributed by atoms with Gasteiger partial charge in [0, 0.05) is 5.75 Å². The molecule has 0 fully saturated rings. The number of carbonyl (C=O) groups is 1. The van der Waals surface area contributed by atoms with E-state index < -0.39 is 0 Å². The minimum absolute atomic E-state index is 0.296. The number of aliphatic imine (C=N–C) groups is 1. The highest BCUT2D eigenvalue weighted by atomic mass is 32.2. The van der Waals surface area contributed by atoms with Crippen LogP contribution in [0.15, 0.2) is 29.3 Å². The molecule has 0 spiro atoms. The highest BCUT2D eigenvalue weighted by molar-refractivity contribution is 8.13. The Kier molecular flexibility index (Phi) is 4.85. The Morgan fingerprint density at radius 2 is 2.16 bits per heavy atom. The Morgan fingerprint density at radius 1 is 1.42 bits per heavy atom. The monoisotopic (exact) mass is 278 g/mol. The first-order chi connectivity index (χ1) is 9.20. The van der Waals surface area contributed by atoms with Gasteiger partial charge < -0.3 is 4.74 Å². The van der Waals surface area contributed by atoms with Crippen molar-refractivity contribution in [1.29, 1.82) is 0 Å². The molecule has 0 bridgehead atoms. The minimum atomic E-state index is -0.296. The number of amides is 1. The van der Waals surface area contributed by atoms with Crippen molar-refractivity contribution >= 4 is 23.0 Å². The van der Waals surface area contributed by atoms with Gasteiger partial charge in [-0.2, -0.15) is 0 Å². The lowest BCUT2D eigenvalue weighted by Crippen LogP contribution is -2.33. The van der Waals surface area contributed by atoms with Gasteiger partial charge in [0.2, 0.25) is 0 Å². The Balaban J connectivity index is 1.91. The van der Waals surface area contributed by atoms with Crippen LogP contribution in [-0.2, 0) is 10.5 Å². The zero-order chi connectivity index (χ0) is 13.7. The van der Waals surface area contributed by atoms with Crippen LogP contribution in [0, 0.1) is 6.92 Å². The molecule has 0 saturated heterocycles. The average molecular weight is 278 g/mol. The Hall–Kier alpha value is -1.49. The second-order valence-electron chi connectivity index (χ2n) is 4.29. The molecule has 0 aromatic heterocycles. The molecule has 0 N–H and O–H groups in total. The number of nitrogens with zero attached hydrogens (tertiary/aromatic N) is 2. The van der Waals surface area contributed by atoms with Crippen LogP contribution in [0.5, 0.6) is 0 Å². The molecular formula is C14H18N2O2S. The van der Waals surface area contributed by atoms with Crippen molar-refractivity contribution < 1.29 is 9.53 Å². The molecule has 0 atom stereocenters. The molecule has 1 aliphatic rings. The number of aryl methyl sites for hydroxylation is 1. The summed E-state index contributed by atoms with van der Waals surface area (Å²) in [5.74, 6) is 0.815. The van der Waals surface area contributed by atoms with Crippen LogP contribution >= 0.6 is 11.8 Å². The number of ether oxygens (including phenoxy) is 1. The second-order valence-corrected chi connectivity index (χ2v) is 5.23. The van der Waals surface area contributed by atoms with Gasteiger partial charge in [0.1, 0.15) is 0 Å². The molecule has 0 unspecified atom stereocenters. The lowest BCUT2D eigenvalue weighted by atomic mass is 10.2. The Bertz CT molecular complexity index is 471. The number of rotatable bonds is 3. The predicted octanol–water partition coefficient (Wildman–Crippen LogP) is 3.06. The maximum absolute atomic E-state index is 11.7. The third-order valence-corrected chi connectivity index (χ3v) is 3.86. The van der Waals surface area contributed by atoms with Crippen molar-refractivity contribution in [1.82, 2.24) is 4.90 Å². The summed E-state index contributed by atoms with van der Waals surface area (Å²) in [4.78, 5) is 17.7. The van der Waals surface area contributed by atoms with E-state index in [9.17, 15) is 4.79 Å². The van der Waals surface area contributed by atoms with Crippen LogP contribution in [0.1, 0.15) is 18.1 Å². The fraction of sp³-hybridized carbons (Fsp3) is 0.429. The summed E-state index contributed by atoms with van der Waals surface area (Å²) in [5.41, 5.74) is 2.48. The van der Waals surface area contributed by atoms with Gasteiger partial charge in [0.05, 0.1) is 19.7 Å². The lowest BCUT2D eigenvalue weighted by molar-refractivity contribution is 0.131. The first-order valence-electron chi connectivity index (χ1n) is 6.38. The number of thioether (sulfide) groups is 1. The normalized spacial score (nSPS) is 14.4. The molecule has 2 rings (SSSR count). The number of hydrogen-bond acceptors (Lipinski definition) is 4. The van der Waals surface area contributed by atoms with Gasteiger partial charge in [-0.1, -0.05) is 41.6 Å². The van der Waals surface area contributed by atoms with E-state index in [-0.39, 0.29) is 6.09 Å². The van der Waals surface area contributed by atoms with Gasteiger partial charge in [-0.05, 0) is 19.4 Å². The molecular weight excluding hydrogens is 260 g/mol. The van der Waals surface area contributed by atoms with Crippen LogP contribution in [-0.4, -0.2) is 35.9 Å². The van der Waals surface area contributed by atoms with Crippen molar-refractivity contribution in [2.45, 2.75) is 19.6 Å². The summed E-state index contributed by atoms with van der Waals surface area (Å²) in [7, 11) is 0. The molecule has 1 aromatic carbocycles. The molecule has 1 aromatic rings. The van der Waals surface area contributed by atoms with Crippen molar-refractivity contribution in [3.05, 3.63) is 35.4 Å². The topological polar surface area (TPSA) is 41.9 Å². The largest absolute Gasteiger partial charge is 0.449 e. The van der Waals surface area contributed by atoms with E-state index >= 15 is 0 Å². The third-order valence-electron chi connectivity index (χ3n) is 2.78. The van der Waals surface area contributed by atoms with Crippen LogP contribution in [0.4, 0.5) is 4.79 Å². The Morgan fingerprint density at radius 3 is 2.84 bits per heavy atom. The standard InChI is InChI=1S/C14H18N2O2S/c1-3-18-14(17)16-9-8-15-13(16)19-10-12-6-4-11(2)5-7-12/h4-7H,3,8-10H2,1-2H3. The second kappa shape index (κ2) is 6.61. The number of hydrogen-bond donors (Lipinski definition) is 0. The molecule has 19 heavy (non-hydrogen) atoms. The van der Waals surface area contributed by atoms with E-state index in [2.05, 4.69) is 36.2 Å². The van der Waals surface area contributed by atoms with E-state index in [1.165, 1.54) is 11.1 Å². The highest BCUT2D eigenvalue weighted by Gasteiger charge is 2.24. The summed E-state index contributed by atoms with van der Waals surface area (Å²) in [6, 6.07) is 8.39. The maximum Gasteiger partial charge on any atom is 0.415 e. The maximum atomic E-state index is 11.7. The van der Waals surface area contributed by atoms with Gasteiger partial charge in [0.25, 0.3) is 0 Å². The van der Waals surface area contributed by atoms with Crippen LogP contribution < -0.4 is 0 Å². The molecule has 0 saturated carbocycles. The number of amidine groups is 1. The average Bonchev–Trinajstić information content (AvgIpc) is 2.87. The number of carbonyl (C=O) groups excluding carboxylic acids is 1. The summed E-state index contributed by atoms with van der Waals surface area (Å²) in [5, 5.41) is 0.763. The molecule has 4 nitrogen and oxygen atoms in total. The summed E-state index contributed by atoms with van der Waals surface area (Å²) >= 11 is 1.58. The van der Waals surface area contributed by atoms with Crippen LogP contribution in [0.25, 0.3) is 0 Å². The molecule has 1 heterocycles. The number of benzene rings is 1. The zero-order valence-electron chi connectivity index (χ0n) is 11.3. The fourth-order valence-corrected chi connectivity index (χ4v) is 2.75. The quantitative estimate of drug-likeness (QED) is 0.853. The van der Waals surface area contributed by atoms with Gasteiger partial charge in [0.15, 0.2) is 5.17 Å². The van der Waals surface area contributed by atoms with E-state index in [1.807, 2.05) is 6.92 Å². The Labute approximate surface area is 117 Å². The van der Waals surface area contributed by atoms with E-state index in [1.54, 1.807) is 16.7 Å². The molecule has 1 aliphatic heterocycles. The summed E-state index contributed by atoms with van der Waals surface area (Å²) < 4.78 is 5.02. The predicted molar refractivity (Wildman–Crippen MR) is 78.5 cm³/mol. The van der Waals surface area contributed by atoms with Crippen molar-refractivity contribution in [2.75, 3.05) is 19.7 Å². The SMILES string of the molecule is CCOC(=O)N1CCN=C1SCc1ccc(C)cc1. The van der Waals surface area contributed by atoms with Crippen molar-refractivity contribution in [2.24, 2.45) is 4.99 Å². The van der Waals surface area contributed by atoms with Gasteiger partial charge >= 0.3 is 6.09 Å². The molecule has 0 radical (unpaired) electrons. The summed E-state index contributed by atoms with van der Waals surface area (Å²) in [6.45, 7) is 5.56. The molecule has 1 amide bonds. The molecule has 102 valence electrons.